The fraction of sp³-hybridized carbons (Fsp3) is 0. The molecule has 0 fully saturated rings. The van der Waals surface area contributed by atoms with Crippen molar-refractivity contribution in [2.24, 2.45) is 0 Å². The summed E-state index contributed by atoms with van der Waals surface area (Å²) < 4.78 is 24.2. The second-order valence-corrected chi connectivity index (χ2v) is 3.64. The average molecular weight is 134 g/mol. The fourth-order valence-electron chi connectivity index (χ4n) is 0. The zero-order valence-electron chi connectivity index (χ0n) is 2.12. The zero-order valence-corrected chi connectivity index (χ0v) is 4.21. The van der Waals surface area contributed by atoms with Crippen LogP contribution in [0.4, 0.5) is 0 Å². The summed E-state index contributed by atoms with van der Waals surface area (Å²) in [6, 6.07) is 0. The first-order chi connectivity index (χ1) is 2.00. The number of hydrogen-bond donors (Lipinski definition) is 2. The van der Waals surface area contributed by atoms with Gasteiger partial charge in [0.05, 0.1) is 0 Å². The van der Waals surface area contributed by atoms with E-state index in [0.717, 1.165) is 0 Å². The Kier molecular flexibility index (Phi) is 1.41. The molecule has 5 heavy (non-hydrogen) atoms. The Bertz CT molecular complexity index is 90.1. The quantitative estimate of drug-likeness (QED) is 0.465. The second kappa shape index (κ2) is 1.29. The first-order valence-corrected chi connectivity index (χ1v) is 4.25. The molecule has 0 saturated heterocycles. The third kappa shape index (κ3) is 122. The van der Waals surface area contributed by atoms with Crippen LogP contribution in [-0.2, 0) is 15.8 Å². The van der Waals surface area contributed by atoms with E-state index in [1.165, 1.54) is 0 Å². The van der Waals surface area contributed by atoms with Crippen LogP contribution < -0.4 is 0 Å². The Morgan fingerprint density at radius 3 is 1.60 bits per heavy atom. The predicted molar refractivity (Wildman–Crippen MR) is 12.7 cm³/mol. The molecule has 2 N–H and O–H groups in total. The molecule has 0 aromatic rings. The molecule has 0 radical (unpaired) electrons. The van der Waals surface area contributed by atoms with Gasteiger partial charge in [0.25, 0.3) is 0 Å². The van der Waals surface area contributed by atoms with Crippen LogP contribution in [0.1, 0.15) is 0 Å². The van der Waals surface area contributed by atoms with Gasteiger partial charge in [0.1, 0.15) is 0 Å². The molecule has 0 amide bonds. The van der Waals surface area contributed by atoms with E-state index in [0.29, 0.717) is 0 Å². The van der Waals surface area contributed by atoms with Crippen molar-refractivity contribution in [3.05, 3.63) is 0 Å². The molecule has 0 aromatic heterocycles. The van der Waals surface area contributed by atoms with Crippen LogP contribution in [0.15, 0.2) is 0 Å². The van der Waals surface area contributed by atoms with Crippen molar-refractivity contribution in [1.29, 1.82) is 0 Å². The Morgan fingerprint density at radius 1 is 1.60 bits per heavy atom. The molecule has 0 saturated carbocycles. The van der Waals surface area contributed by atoms with Crippen molar-refractivity contribution in [2.45, 2.75) is 0 Å². The molecule has 0 bridgehead atoms. The van der Waals surface area contributed by atoms with Gasteiger partial charge in [0, 0.05) is 0 Å². The van der Waals surface area contributed by atoms with E-state index in [1.807, 2.05) is 0 Å². The molecule has 0 aliphatic rings. The normalized spacial score (nSPS) is 11.6. The van der Waals surface area contributed by atoms with E-state index in [9.17, 15) is 3.80 Å². The summed E-state index contributed by atoms with van der Waals surface area (Å²) in [7, 11) is 3.54. The van der Waals surface area contributed by atoms with E-state index in [2.05, 4.69) is 10.5 Å². The van der Waals surface area contributed by atoms with Crippen molar-refractivity contribution >= 4 is 10.5 Å². The summed E-state index contributed by atoms with van der Waals surface area (Å²) in [5, 5.41) is 0. The predicted octanol–water partition coefficient (Wildman–Crippen LogP) is -0.587. The molecule has 0 aromatic carbocycles. The maximum absolute atomic E-state index is 9.19. The Balaban J connectivity index is 4.06. The molecule has 32 valence electrons. The molecule has 0 unspecified atom stereocenters. The van der Waals surface area contributed by atoms with Gasteiger partial charge in [0.15, 0.2) is 0 Å². The molecule has 0 aliphatic carbocycles. The second-order valence-electron chi connectivity index (χ2n) is 0.448. The molecule has 0 rings (SSSR count). The average Bonchev–Trinajstić information content (AvgIpc) is 0.722. The topological polar surface area (TPSA) is 57.5 Å². The molecule has 3 nitrogen and oxygen atoms in total. The minimum atomic E-state index is -4.42. The van der Waals surface area contributed by atoms with Crippen molar-refractivity contribution in [1.82, 2.24) is 0 Å². The van der Waals surface area contributed by atoms with Crippen LogP contribution in [0.5, 0.6) is 0 Å². The van der Waals surface area contributed by atoms with E-state index < -0.39 is 12.0 Å². The van der Waals surface area contributed by atoms with Gasteiger partial charge in [-0.05, 0) is 0 Å². The third-order valence-electron chi connectivity index (χ3n) is 0. The van der Waals surface area contributed by atoms with Gasteiger partial charge < -0.3 is 0 Å². The number of rotatable bonds is 0. The molecular formula is H2CrO3S. The van der Waals surface area contributed by atoms with Crippen LogP contribution >= 0.6 is 10.5 Å². The van der Waals surface area contributed by atoms with E-state index in [4.69, 9.17) is 8.32 Å². The van der Waals surface area contributed by atoms with Crippen molar-refractivity contribution < 1.29 is 24.2 Å². The first-order valence-electron chi connectivity index (χ1n) is 0.698. The van der Waals surface area contributed by atoms with E-state index in [-0.39, 0.29) is 0 Å². The molecular weight excluding hydrogens is 132 g/mol. The molecule has 0 aliphatic heterocycles. The van der Waals surface area contributed by atoms with Gasteiger partial charge in [-0.25, -0.2) is 0 Å². The van der Waals surface area contributed by atoms with Gasteiger partial charge in [-0.3, -0.25) is 0 Å². The molecule has 0 heterocycles. The maximum atomic E-state index is 9.19. The standard InChI is InChI=1S/Cr.2H2O.O.S/h;2*1H2;;/q+2;;;;/p-2. The van der Waals surface area contributed by atoms with Crippen LogP contribution in [-0.4, -0.2) is 8.32 Å². The van der Waals surface area contributed by atoms with Gasteiger partial charge in [-0.1, -0.05) is 0 Å². The minimum absolute atomic E-state index is 3.54. The van der Waals surface area contributed by atoms with Crippen molar-refractivity contribution in [3.63, 3.8) is 0 Å². The Morgan fingerprint density at radius 2 is 1.60 bits per heavy atom. The SMILES string of the molecule is [O]=[Cr]([OH])([OH])=[S]. The van der Waals surface area contributed by atoms with Gasteiger partial charge in [-0.2, -0.15) is 0 Å². The molecule has 5 heteroatoms. The monoisotopic (exact) mass is 134 g/mol. The number of hydrogen-bond acceptors (Lipinski definition) is 2. The van der Waals surface area contributed by atoms with Crippen LogP contribution in [0, 0.1) is 0 Å². The molecule has 0 atom stereocenters. The summed E-state index contributed by atoms with van der Waals surface area (Å²) in [4.78, 5) is 0. The van der Waals surface area contributed by atoms with Gasteiger partial charge in [0.2, 0.25) is 0 Å². The van der Waals surface area contributed by atoms with Crippen molar-refractivity contribution in [2.75, 3.05) is 0 Å². The summed E-state index contributed by atoms with van der Waals surface area (Å²) in [6.45, 7) is 0. The summed E-state index contributed by atoms with van der Waals surface area (Å²) in [5.41, 5.74) is 0. The Labute approximate surface area is 35.2 Å². The Hall–Kier alpha value is 0.472. The summed E-state index contributed by atoms with van der Waals surface area (Å²) >= 11 is -4.42. The van der Waals surface area contributed by atoms with Gasteiger partial charge >= 0.3 is 34.7 Å². The van der Waals surface area contributed by atoms with Crippen LogP contribution in [0.3, 0.4) is 0 Å². The first kappa shape index (κ1) is 5.47. The summed E-state index contributed by atoms with van der Waals surface area (Å²) in [6.07, 6.45) is 0. The van der Waals surface area contributed by atoms with Gasteiger partial charge in [-0.15, -0.1) is 0 Å². The zero-order chi connectivity index (χ0) is 4.50. The van der Waals surface area contributed by atoms with E-state index >= 15 is 0 Å². The molecule has 0 spiro atoms. The van der Waals surface area contributed by atoms with Crippen molar-refractivity contribution in [3.8, 4) is 0 Å². The van der Waals surface area contributed by atoms with Crippen LogP contribution in [0.25, 0.3) is 0 Å². The van der Waals surface area contributed by atoms with E-state index in [1.54, 1.807) is 0 Å². The summed E-state index contributed by atoms with van der Waals surface area (Å²) in [5.74, 6) is 0. The fourth-order valence-corrected chi connectivity index (χ4v) is 0. The third-order valence-corrected chi connectivity index (χ3v) is 0. The van der Waals surface area contributed by atoms with Crippen LogP contribution in [0.2, 0.25) is 0 Å².